The van der Waals surface area contributed by atoms with Gasteiger partial charge >= 0.3 is 0 Å². The van der Waals surface area contributed by atoms with Gasteiger partial charge in [-0.05, 0) is 73.9 Å². The Bertz CT molecular complexity index is 1410. The minimum absolute atomic E-state index is 0.00404. The fourth-order valence-corrected chi connectivity index (χ4v) is 5.98. The van der Waals surface area contributed by atoms with Gasteiger partial charge in [-0.3, -0.25) is 13.9 Å². The quantitative estimate of drug-likeness (QED) is 0.244. The van der Waals surface area contributed by atoms with E-state index in [9.17, 15) is 18.0 Å². The standard InChI is InChI=1S/C31H38ClN3O5S/c1-5-7-19-33-31(37)29(6-2)34(21-24-10-8-9-23(3)20-24)30(36)22-35(26-13-11-25(32)12-14-26)41(38,39)28-17-15-27(40-4)16-18-28/h8-18,20,29H,5-7,19,21-22H2,1-4H3,(H,33,37)/t29-/m0/s1. The van der Waals surface area contributed by atoms with E-state index in [0.29, 0.717) is 23.7 Å². The molecule has 10 heteroatoms. The number of benzene rings is 3. The molecule has 0 fully saturated rings. The number of hydrogen-bond acceptors (Lipinski definition) is 5. The van der Waals surface area contributed by atoms with Crippen LogP contribution in [0.5, 0.6) is 5.75 Å². The van der Waals surface area contributed by atoms with Gasteiger partial charge in [0.25, 0.3) is 10.0 Å². The molecule has 2 amide bonds. The van der Waals surface area contributed by atoms with E-state index in [1.54, 1.807) is 36.4 Å². The molecular formula is C31H38ClN3O5S. The molecule has 0 bridgehead atoms. The van der Waals surface area contributed by atoms with Gasteiger partial charge < -0.3 is 15.0 Å². The van der Waals surface area contributed by atoms with Crippen molar-refractivity contribution in [2.24, 2.45) is 0 Å². The average Bonchev–Trinajstić information content (AvgIpc) is 2.96. The second-order valence-electron chi connectivity index (χ2n) is 9.74. The van der Waals surface area contributed by atoms with Crippen LogP contribution in [0.1, 0.15) is 44.2 Å². The molecule has 41 heavy (non-hydrogen) atoms. The average molecular weight is 600 g/mol. The maximum Gasteiger partial charge on any atom is 0.264 e. The number of amides is 2. The van der Waals surface area contributed by atoms with Gasteiger partial charge in [-0.1, -0.05) is 61.7 Å². The minimum Gasteiger partial charge on any atom is -0.497 e. The van der Waals surface area contributed by atoms with Gasteiger partial charge in [0.05, 0.1) is 17.7 Å². The van der Waals surface area contributed by atoms with E-state index < -0.39 is 28.5 Å². The maximum atomic E-state index is 14.1. The summed E-state index contributed by atoms with van der Waals surface area (Å²) < 4.78 is 34.1. The zero-order chi connectivity index (χ0) is 30.0. The monoisotopic (exact) mass is 599 g/mol. The second-order valence-corrected chi connectivity index (χ2v) is 12.0. The number of ether oxygens (including phenoxy) is 1. The number of unbranched alkanes of at least 4 members (excludes halogenated alkanes) is 1. The van der Waals surface area contributed by atoms with Gasteiger partial charge in [0.1, 0.15) is 18.3 Å². The summed E-state index contributed by atoms with van der Waals surface area (Å²) >= 11 is 6.09. The lowest BCUT2D eigenvalue weighted by Gasteiger charge is -2.33. The highest BCUT2D eigenvalue weighted by molar-refractivity contribution is 7.92. The first-order valence-corrected chi connectivity index (χ1v) is 15.5. The van der Waals surface area contributed by atoms with Crippen molar-refractivity contribution in [3.8, 4) is 5.75 Å². The van der Waals surface area contributed by atoms with E-state index in [2.05, 4.69) is 5.32 Å². The molecule has 0 aromatic heterocycles. The molecule has 3 aromatic carbocycles. The molecule has 1 N–H and O–H groups in total. The fraction of sp³-hybridized carbons (Fsp3) is 0.355. The normalized spacial score (nSPS) is 11.9. The highest BCUT2D eigenvalue weighted by Gasteiger charge is 2.33. The number of sulfonamides is 1. The predicted molar refractivity (Wildman–Crippen MR) is 163 cm³/mol. The topological polar surface area (TPSA) is 96.0 Å². The third-order valence-corrected chi connectivity index (χ3v) is 8.73. The van der Waals surface area contributed by atoms with Gasteiger partial charge in [0.2, 0.25) is 11.8 Å². The van der Waals surface area contributed by atoms with Crippen LogP contribution in [0.4, 0.5) is 5.69 Å². The molecule has 8 nitrogen and oxygen atoms in total. The van der Waals surface area contributed by atoms with Gasteiger partial charge in [0, 0.05) is 18.1 Å². The number of rotatable bonds is 14. The number of anilines is 1. The van der Waals surface area contributed by atoms with Crippen molar-refractivity contribution in [3.05, 3.63) is 88.9 Å². The number of methoxy groups -OCH3 is 1. The number of nitrogens with zero attached hydrogens (tertiary/aromatic N) is 2. The number of aryl methyl sites for hydroxylation is 1. The van der Waals surface area contributed by atoms with Crippen molar-refractivity contribution in [2.45, 2.75) is 57.5 Å². The van der Waals surface area contributed by atoms with Crippen molar-refractivity contribution < 1.29 is 22.7 Å². The first kappa shape index (κ1) is 32.0. The van der Waals surface area contributed by atoms with E-state index in [1.807, 2.05) is 45.0 Å². The van der Waals surface area contributed by atoms with Crippen LogP contribution in [-0.2, 0) is 26.2 Å². The Kier molecular flexibility index (Phi) is 11.6. The second kappa shape index (κ2) is 14.9. The van der Waals surface area contributed by atoms with E-state index >= 15 is 0 Å². The van der Waals surface area contributed by atoms with E-state index in [1.165, 1.54) is 24.1 Å². The zero-order valence-electron chi connectivity index (χ0n) is 24.0. The Balaban J connectivity index is 2.03. The number of hydrogen-bond donors (Lipinski definition) is 1. The van der Waals surface area contributed by atoms with Crippen LogP contribution in [0.3, 0.4) is 0 Å². The molecule has 0 saturated carbocycles. The smallest absolute Gasteiger partial charge is 0.264 e. The number of nitrogens with one attached hydrogen (secondary N) is 1. The van der Waals surface area contributed by atoms with Crippen molar-refractivity contribution in [1.29, 1.82) is 0 Å². The molecule has 3 rings (SSSR count). The number of carbonyl (C=O) groups is 2. The summed E-state index contributed by atoms with van der Waals surface area (Å²) in [7, 11) is -2.69. The SMILES string of the molecule is CCCCNC(=O)[C@H](CC)N(Cc1cccc(C)c1)C(=O)CN(c1ccc(Cl)cc1)S(=O)(=O)c1ccc(OC)cc1. The van der Waals surface area contributed by atoms with Crippen molar-refractivity contribution in [3.63, 3.8) is 0 Å². The molecular weight excluding hydrogens is 562 g/mol. The third-order valence-electron chi connectivity index (χ3n) is 6.69. The predicted octanol–water partition coefficient (Wildman–Crippen LogP) is 5.58. The summed E-state index contributed by atoms with van der Waals surface area (Å²) in [5.41, 5.74) is 2.13. The van der Waals surface area contributed by atoms with Gasteiger partial charge in [0.15, 0.2) is 0 Å². The van der Waals surface area contributed by atoms with Crippen molar-refractivity contribution in [1.82, 2.24) is 10.2 Å². The maximum absolute atomic E-state index is 14.1. The van der Waals surface area contributed by atoms with Crippen LogP contribution in [0.2, 0.25) is 5.02 Å². The summed E-state index contributed by atoms with van der Waals surface area (Å²) in [5, 5.41) is 3.36. The molecule has 0 spiro atoms. The van der Waals surface area contributed by atoms with Crippen LogP contribution in [-0.4, -0.2) is 51.4 Å². The molecule has 0 heterocycles. The molecule has 1 atom stereocenters. The highest BCUT2D eigenvalue weighted by Crippen LogP contribution is 2.27. The van der Waals surface area contributed by atoms with Gasteiger partial charge in [-0.15, -0.1) is 0 Å². The Morgan fingerprint density at radius 1 is 1.00 bits per heavy atom. The summed E-state index contributed by atoms with van der Waals surface area (Å²) in [6, 6.07) is 19.1. The van der Waals surface area contributed by atoms with Crippen LogP contribution >= 0.6 is 11.6 Å². The van der Waals surface area contributed by atoms with Gasteiger partial charge in [-0.2, -0.15) is 0 Å². The van der Waals surface area contributed by atoms with Crippen LogP contribution in [0.15, 0.2) is 77.7 Å². The molecule has 0 radical (unpaired) electrons. The van der Waals surface area contributed by atoms with Crippen molar-refractivity contribution >= 4 is 39.1 Å². The lowest BCUT2D eigenvalue weighted by Crippen LogP contribution is -2.52. The number of carbonyl (C=O) groups excluding carboxylic acids is 2. The third kappa shape index (κ3) is 8.47. The molecule has 0 aliphatic heterocycles. The molecule has 0 saturated heterocycles. The zero-order valence-corrected chi connectivity index (χ0v) is 25.5. The lowest BCUT2D eigenvalue weighted by molar-refractivity contribution is -0.140. The van der Waals surface area contributed by atoms with Gasteiger partial charge in [-0.25, -0.2) is 8.42 Å². The highest BCUT2D eigenvalue weighted by atomic mass is 35.5. The Morgan fingerprint density at radius 3 is 2.27 bits per heavy atom. The number of halogens is 1. The summed E-state index contributed by atoms with van der Waals surface area (Å²) in [4.78, 5) is 28.8. The van der Waals surface area contributed by atoms with Crippen LogP contribution in [0.25, 0.3) is 0 Å². The molecule has 0 unspecified atom stereocenters. The van der Waals surface area contributed by atoms with Crippen LogP contribution < -0.4 is 14.4 Å². The molecule has 0 aliphatic carbocycles. The minimum atomic E-state index is -4.18. The van der Waals surface area contributed by atoms with E-state index in [0.717, 1.165) is 28.3 Å². The molecule has 220 valence electrons. The molecule has 0 aliphatic rings. The Labute approximate surface area is 248 Å². The largest absolute Gasteiger partial charge is 0.497 e. The fourth-order valence-electron chi connectivity index (χ4n) is 4.44. The van der Waals surface area contributed by atoms with Crippen LogP contribution in [0, 0.1) is 6.92 Å². The lowest BCUT2D eigenvalue weighted by atomic mass is 10.1. The van der Waals surface area contributed by atoms with Crippen molar-refractivity contribution in [2.75, 3.05) is 24.5 Å². The summed E-state index contributed by atoms with van der Waals surface area (Å²) in [6.45, 7) is 5.96. The Morgan fingerprint density at radius 2 is 1.68 bits per heavy atom. The molecule has 3 aromatic rings. The van der Waals surface area contributed by atoms with E-state index in [4.69, 9.17) is 16.3 Å². The Hall–Kier alpha value is -3.56. The van der Waals surface area contributed by atoms with E-state index in [-0.39, 0.29) is 23.0 Å². The first-order chi connectivity index (χ1) is 19.6. The first-order valence-electron chi connectivity index (χ1n) is 13.7. The summed E-state index contributed by atoms with van der Waals surface area (Å²) in [5.74, 6) is -0.267. The summed E-state index contributed by atoms with van der Waals surface area (Å²) in [6.07, 6.45) is 2.10.